The van der Waals surface area contributed by atoms with Crippen LogP contribution in [0.2, 0.25) is 0 Å². The van der Waals surface area contributed by atoms with Gasteiger partial charge in [0, 0.05) is 11.1 Å². The van der Waals surface area contributed by atoms with Crippen LogP contribution in [-0.4, -0.2) is 29.1 Å². The fraction of sp³-hybridized carbons (Fsp3) is 0.125. The average Bonchev–Trinajstić information content (AvgIpc) is 2.83. The molecule has 0 radical (unpaired) electrons. The van der Waals surface area contributed by atoms with Gasteiger partial charge in [0.2, 0.25) is 11.7 Å². The number of benzene rings is 2. The van der Waals surface area contributed by atoms with Gasteiger partial charge >= 0.3 is 0 Å². The molecule has 0 saturated carbocycles. The summed E-state index contributed by atoms with van der Waals surface area (Å²) in [7, 11) is 1.46. The van der Waals surface area contributed by atoms with E-state index in [0.717, 1.165) is 5.56 Å². The molecule has 0 bridgehead atoms. The van der Waals surface area contributed by atoms with Crippen LogP contribution in [0.15, 0.2) is 66.6 Å². The highest BCUT2D eigenvalue weighted by molar-refractivity contribution is 6.19. The Morgan fingerprint density at radius 3 is 2.69 bits per heavy atom. The summed E-state index contributed by atoms with van der Waals surface area (Å²) in [6.45, 7) is 1.90. The van der Waals surface area contributed by atoms with E-state index in [0.29, 0.717) is 23.2 Å². The van der Waals surface area contributed by atoms with Gasteiger partial charge in [-0.1, -0.05) is 48.0 Å². The average molecular weight is 427 g/mol. The predicted octanol–water partition coefficient (Wildman–Crippen LogP) is 2.96. The lowest BCUT2D eigenvalue weighted by atomic mass is 9.93. The highest BCUT2D eigenvalue weighted by atomic mass is 16.5. The molecule has 3 N–H and O–H groups in total. The maximum absolute atomic E-state index is 13.5. The van der Waals surface area contributed by atoms with Gasteiger partial charge in [0.05, 0.1) is 36.8 Å². The number of Topliss-reactive ketones (excluding diaryl/α,β-unsaturated/α-hetero) is 1. The molecule has 1 aromatic heterocycles. The van der Waals surface area contributed by atoms with Crippen LogP contribution in [0.25, 0.3) is 5.57 Å². The summed E-state index contributed by atoms with van der Waals surface area (Å²) in [5.41, 5.74) is 7.98. The van der Waals surface area contributed by atoms with Gasteiger partial charge in [0.15, 0.2) is 6.29 Å². The molecule has 1 atom stereocenters. The topological polar surface area (TPSA) is 131 Å². The molecule has 0 aliphatic rings. The van der Waals surface area contributed by atoms with Crippen LogP contribution < -0.4 is 15.8 Å². The zero-order chi connectivity index (χ0) is 23.1. The quantitative estimate of drug-likeness (QED) is 0.414. The van der Waals surface area contributed by atoms with E-state index in [4.69, 9.17) is 10.5 Å². The molecule has 0 aliphatic carbocycles. The van der Waals surface area contributed by atoms with Crippen molar-refractivity contribution in [2.24, 2.45) is 5.73 Å². The van der Waals surface area contributed by atoms with Gasteiger partial charge in [-0.3, -0.25) is 14.6 Å². The van der Waals surface area contributed by atoms with Gasteiger partial charge < -0.3 is 15.8 Å². The standard InChI is InChI=1S/C24H21N5O3/c1-15-6-5-8-16(10-15)23(29-20-12-27-13-21(28-20)32-2)24(31)22(26)19(14-30)18-9-4-3-7-17(18)11-25/h3-10,12-14,23H,26H2,1-2H3,(H,28,29). The first-order chi connectivity index (χ1) is 15.5. The Hall–Kier alpha value is -4.51. The van der Waals surface area contributed by atoms with Crippen molar-refractivity contribution in [3.63, 3.8) is 0 Å². The summed E-state index contributed by atoms with van der Waals surface area (Å²) in [4.78, 5) is 33.7. The number of nitrogens with two attached hydrogens (primary N) is 1. The van der Waals surface area contributed by atoms with Crippen molar-refractivity contribution >= 4 is 23.5 Å². The molecule has 0 amide bonds. The molecule has 160 valence electrons. The Kier molecular flexibility index (Phi) is 6.93. The zero-order valence-electron chi connectivity index (χ0n) is 17.6. The third-order valence-corrected chi connectivity index (χ3v) is 4.76. The number of aldehydes is 1. The molecule has 1 unspecified atom stereocenters. The molecule has 0 saturated heterocycles. The monoisotopic (exact) mass is 427 g/mol. The number of nitrogens with one attached hydrogen (secondary N) is 1. The molecule has 3 rings (SSSR count). The summed E-state index contributed by atoms with van der Waals surface area (Å²) in [6.07, 6.45) is 3.37. The van der Waals surface area contributed by atoms with Crippen LogP contribution in [-0.2, 0) is 9.59 Å². The van der Waals surface area contributed by atoms with Gasteiger partial charge in [0.25, 0.3) is 0 Å². The van der Waals surface area contributed by atoms with E-state index < -0.39 is 11.8 Å². The van der Waals surface area contributed by atoms with E-state index in [1.165, 1.54) is 19.5 Å². The molecular weight excluding hydrogens is 406 g/mol. The number of anilines is 1. The zero-order valence-corrected chi connectivity index (χ0v) is 17.6. The van der Waals surface area contributed by atoms with E-state index in [-0.39, 0.29) is 22.7 Å². The Labute approximate surface area is 185 Å². The first kappa shape index (κ1) is 22.2. The number of methoxy groups -OCH3 is 1. The van der Waals surface area contributed by atoms with Crippen LogP contribution in [0, 0.1) is 18.3 Å². The molecule has 8 nitrogen and oxygen atoms in total. The lowest BCUT2D eigenvalue weighted by molar-refractivity contribution is -0.116. The number of hydrogen-bond donors (Lipinski definition) is 2. The number of aromatic nitrogens is 2. The molecule has 0 spiro atoms. The van der Waals surface area contributed by atoms with Crippen molar-refractivity contribution in [1.29, 1.82) is 5.26 Å². The SMILES string of the molecule is COc1cncc(NC(C(=O)C(N)=C(C=O)c2ccccc2C#N)c2cccc(C)c2)n1. The number of ketones is 1. The lowest BCUT2D eigenvalue weighted by Gasteiger charge is -2.20. The normalized spacial score (nSPS) is 12.2. The van der Waals surface area contributed by atoms with E-state index >= 15 is 0 Å². The number of aryl methyl sites for hydroxylation is 1. The van der Waals surface area contributed by atoms with Gasteiger partial charge in [-0.2, -0.15) is 10.2 Å². The molecule has 2 aromatic carbocycles. The molecule has 32 heavy (non-hydrogen) atoms. The van der Waals surface area contributed by atoms with Crippen molar-refractivity contribution in [2.75, 3.05) is 12.4 Å². The largest absolute Gasteiger partial charge is 0.480 e. The number of nitrogens with zero attached hydrogens (tertiary/aromatic N) is 3. The van der Waals surface area contributed by atoms with Gasteiger partial charge in [-0.05, 0) is 18.6 Å². The number of allylic oxidation sites excluding steroid dienone is 1. The number of ether oxygens (including phenoxy) is 1. The van der Waals surface area contributed by atoms with Crippen molar-refractivity contribution in [3.05, 3.63) is 88.9 Å². The maximum atomic E-state index is 13.5. The van der Waals surface area contributed by atoms with Crippen molar-refractivity contribution < 1.29 is 14.3 Å². The van der Waals surface area contributed by atoms with Crippen LogP contribution >= 0.6 is 0 Å². The fourth-order valence-corrected chi connectivity index (χ4v) is 3.19. The summed E-state index contributed by atoms with van der Waals surface area (Å²) >= 11 is 0. The third kappa shape index (κ3) is 4.79. The van der Waals surface area contributed by atoms with Crippen molar-refractivity contribution in [2.45, 2.75) is 13.0 Å². The first-order valence-corrected chi connectivity index (χ1v) is 9.66. The summed E-state index contributed by atoms with van der Waals surface area (Å²) in [5.74, 6) is 0.0163. The number of nitriles is 1. The van der Waals surface area contributed by atoms with E-state index in [1.54, 1.807) is 30.3 Å². The van der Waals surface area contributed by atoms with Gasteiger partial charge in [0.1, 0.15) is 11.9 Å². The van der Waals surface area contributed by atoms with Gasteiger partial charge in [-0.25, -0.2) is 0 Å². The molecule has 1 heterocycles. The second kappa shape index (κ2) is 10.00. The third-order valence-electron chi connectivity index (χ3n) is 4.76. The minimum atomic E-state index is -0.958. The van der Waals surface area contributed by atoms with Crippen LogP contribution in [0.4, 0.5) is 5.82 Å². The first-order valence-electron chi connectivity index (χ1n) is 9.66. The number of carbonyl (C=O) groups is 2. The van der Waals surface area contributed by atoms with Crippen molar-refractivity contribution in [3.8, 4) is 11.9 Å². The highest BCUT2D eigenvalue weighted by Gasteiger charge is 2.26. The highest BCUT2D eigenvalue weighted by Crippen LogP contribution is 2.26. The lowest BCUT2D eigenvalue weighted by Crippen LogP contribution is -2.27. The Morgan fingerprint density at radius 1 is 1.22 bits per heavy atom. The van der Waals surface area contributed by atoms with E-state index in [1.807, 2.05) is 31.2 Å². The molecule has 0 fully saturated rings. The minimum Gasteiger partial charge on any atom is -0.480 e. The second-order valence-electron chi connectivity index (χ2n) is 6.91. The van der Waals surface area contributed by atoms with Crippen LogP contribution in [0.5, 0.6) is 5.88 Å². The van der Waals surface area contributed by atoms with Gasteiger partial charge in [-0.15, -0.1) is 0 Å². The summed E-state index contributed by atoms with van der Waals surface area (Å²) in [6, 6.07) is 14.8. The Balaban J connectivity index is 2.10. The molecular formula is C24H21N5O3. The molecule has 3 aromatic rings. The smallest absolute Gasteiger partial charge is 0.233 e. The fourth-order valence-electron chi connectivity index (χ4n) is 3.19. The summed E-state index contributed by atoms with van der Waals surface area (Å²) in [5, 5.41) is 12.4. The van der Waals surface area contributed by atoms with E-state index in [9.17, 15) is 14.9 Å². The van der Waals surface area contributed by atoms with E-state index in [2.05, 4.69) is 15.3 Å². The van der Waals surface area contributed by atoms with Crippen molar-refractivity contribution in [1.82, 2.24) is 9.97 Å². The predicted molar refractivity (Wildman–Crippen MR) is 119 cm³/mol. The maximum Gasteiger partial charge on any atom is 0.233 e. The molecule has 8 heteroatoms. The second-order valence-corrected chi connectivity index (χ2v) is 6.91. The number of carbonyl (C=O) groups excluding carboxylic acids is 2. The molecule has 0 aliphatic heterocycles. The Bertz CT molecular complexity index is 1230. The van der Waals surface area contributed by atoms with Crippen LogP contribution in [0.3, 0.4) is 0 Å². The number of rotatable bonds is 8. The van der Waals surface area contributed by atoms with Crippen LogP contribution in [0.1, 0.15) is 28.3 Å². The Morgan fingerprint density at radius 2 is 2.00 bits per heavy atom. The number of hydrogen-bond acceptors (Lipinski definition) is 8. The summed E-state index contributed by atoms with van der Waals surface area (Å²) < 4.78 is 5.10. The minimum absolute atomic E-state index is 0.0525.